The van der Waals surface area contributed by atoms with E-state index in [1.165, 1.54) is 12.5 Å². The van der Waals surface area contributed by atoms with E-state index in [0.717, 1.165) is 22.3 Å². The van der Waals surface area contributed by atoms with E-state index in [1.54, 1.807) is 25.1 Å². The van der Waals surface area contributed by atoms with Crippen molar-refractivity contribution in [3.05, 3.63) is 51.7 Å². The zero-order valence-electron chi connectivity index (χ0n) is 14.3. The summed E-state index contributed by atoms with van der Waals surface area (Å²) in [6.45, 7) is 1.86. The van der Waals surface area contributed by atoms with E-state index < -0.39 is 9.84 Å². The van der Waals surface area contributed by atoms with E-state index in [-0.39, 0.29) is 17.1 Å². The highest BCUT2D eigenvalue weighted by Crippen LogP contribution is 2.30. The molecule has 0 fully saturated rings. The Labute approximate surface area is 142 Å². The first kappa shape index (κ1) is 18.0. The number of nitriles is 1. The van der Waals surface area contributed by atoms with Crippen molar-refractivity contribution in [2.24, 2.45) is 0 Å². The van der Waals surface area contributed by atoms with Gasteiger partial charge in [-0.25, -0.2) is 8.42 Å². The lowest BCUT2D eigenvalue weighted by molar-refractivity contribution is -0.111. The summed E-state index contributed by atoms with van der Waals surface area (Å²) in [6.07, 6.45) is 4.91. The van der Waals surface area contributed by atoms with Crippen LogP contribution in [0.25, 0.3) is 6.08 Å². The molecular weight excluding hydrogens is 324 g/mol. The van der Waals surface area contributed by atoms with Crippen LogP contribution in [0.2, 0.25) is 0 Å². The largest absolute Gasteiger partial charge is 0.382 e. The molecule has 126 valence electrons. The zero-order valence-corrected chi connectivity index (χ0v) is 15.1. The van der Waals surface area contributed by atoms with Crippen molar-refractivity contribution in [1.82, 2.24) is 4.90 Å². The summed E-state index contributed by atoms with van der Waals surface area (Å²) in [5.41, 5.74) is 4.11. The molecule has 1 aromatic carbocycles. The Morgan fingerprint density at radius 1 is 1.38 bits per heavy atom. The van der Waals surface area contributed by atoms with Crippen LogP contribution in [0, 0.1) is 18.3 Å². The van der Waals surface area contributed by atoms with Crippen molar-refractivity contribution in [2.45, 2.75) is 19.1 Å². The summed E-state index contributed by atoms with van der Waals surface area (Å²) in [5.74, 6) is -0.302. The molecule has 1 aliphatic carbocycles. The second-order valence-electron chi connectivity index (χ2n) is 6.34. The first-order valence-corrected chi connectivity index (χ1v) is 9.50. The Bertz CT molecular complexity index is 901. The van der Waals surface area contributed by atoms with Crippen molar-refractivity contribution < 1.29 is 13.2 Å². The normalized spacial score (nSPS) is 14.0. The number of carbonyl (C=O) groups is 1. The van der Waals surface area contributed by atoms with E-state index in [0.29, 0.717) is 12.0 Å². The van der Waals surface area contributed by atoms with Crippen molar-refractivity contribution in [1.29, 1.82) is 5.26 Å². The lowest BCUT2D eigenvalue weighted by atomic mass is 10.0. The number of fused-ring (bicyclic) bond motifs is 1. The molecule has 0 radical (unpaired) electrons. The highest BCUT2D eigenvalue weighted by Gasteiger charge is 2.23. The van der Waals surface area contributed by atoms with E-state index in [2.05, 4.69) is 0 Å². The molecule has 0 aromatic heterocycles. The minimum atomic E-state index is -3.12. The number of rotatable bonds is 5. The summed E-state index contributed by atoms with van der Waals surface area (Å²) < 4.78 is 23.1. The van der Waals surface area contributed by atoms with Crippen molar-refractivity contribution in [2.75, 3.05) is 20.4 Å². The van der Waals surface area contributed by atoms with Gasteiger partial charge in [-0.1, -0.05) is 12.1 Å². The van der Waals surface area contributed by atoms with Crippen molar-refractivity contribution >= 4 is 21.7 Å². The summed E-state index contributed by atoms with van der Waals surface area (Å²) in [5, 5.41) is 9.18. The average Bonchev–Trinajstić information content (AvgIpc) is 2.85. The number of allylic oxidation sites excluding steroid dienone is 2. The SMILES string of the molecule is Cc1cc2c(cc1CS(C)(=O)=O)CC(C(=O)/C(C#N)=C/N(C)C)=C2. The predicted molar refractivity (Wildman–Crippen MR) is 93.8 cm³/mol. The topological polar surface area (TPSA) is 78.2 Å². The van der Waals surface area contributed by atoms with Crippen LogP contribution >= 0.6 is 0 Å². The van der Waals surface area contributed by atoms with Gasteiger partial charge in [-0.2, -0.15) is 5.26 Å². The zero-order chi connectivity index (χ0) is 18.1. The van der Waals surface area contributed by atoms with Crippen LogP contribution in [0.1, 0.15) is 22.3 Å². The molecule has 1 aliphatic rings. The molecule has 0 amide bonds. The summed E-state index contributed by atoms with van der Waals surface area (Å²) >= 11 is 0. The maximum atomic E-state index is 12.5. The Hall–Kier alpha value is -2.39. The van der Waals surface area contributed by atoms with E-state index >= 15 is 0 Å². The van der Waals surface area contributed by atoms with Gasteiger partial charge in [0.1, 0.15) is 11.6 Å². The quantitative estimate of drug-likeness (QED) is 0.603. The number of Topliss-reactive ketones (excluding diaryl/α,β-unsaturated/α-hetero) is 1. The standard InChI is InChI=1S/C18H20N2O3S/c1-12-5-13-6-15(18(21)17(9-19)10-20(2)3)7-14(13)8-16(12)11-24(4,22)23/h5-6,8,10H,7,11H2,1-4H3/b17-10+. The fraction of sp³-hybridized carbons (Fsp3) is 0.333. The molecular formula is C18H20N2O3S. The molecule has 0 bridgehead atoms. The molecule has 24 heavy (non-hydrogen) atoms. The third-order valence-electron chi connectivity index (χ3n) is 3.77. The average molecular weight is 344 g/mol. The molecule has 0 N–H and O–H groups in total. The number of benzene rings is 1. The predicted octanol–water partition coefficient (Wildman–Crippen LogP) is 2.02. The Balaban J connectivity index is 2.33. The molecule has 0 spiro atoms. The number of hydrogen-bond acceptors (Lipinski definition) is 5. The van der Waals surface area contributed by atoms with Crippen LogP contribution in [0.15, 0.2) is 29.5 Å². The molecule has 0 heterocycles. The fourth-order valence-corrected chi connectivity index (χ4v) is 3.59. The molecule has 0 saturated heterocycles. The van der Waals surface area contributed by atoms with Gasteiger partial charge < -0.3 is 4.90 Å². The third-order valence-corrected chi connectivity index (χ3v) is 4.61. The maximum Gasteiger partial charge on any atom is 0.201 e. The number of sulfone groups is 1. The van der Waals surface area contributed by atoms with Crippen LogP contribution in [0.3, 0.4) is 0 Å². The Morgan fingerprint density at radius 2 is 2.04 bits per heavy atom. The van der Waals surface area contributed by atoms with Crippen molar-refractivity contribution in [3.8, 4) is 6.07 Å². The minimum Gasteiger partial charge on any atom is -0.382 e. The van der Waals surface area contributed by atoms with Crippen LogP contribution in [0.4, 0.5) is 0 Å². The molecule has 0 saturated carbocycles. The summed E-state index contributed by atoms with van der Waals surface area (Å²) in [4.78, 5) is 14.2. The number of ketones is 1. The second-order valence-corrected chi connectivity index (χ2v) is 8.48. The minimum absolute atomic E-state index is 0.0145. The maximum absolute atomic E-state index is 12.5. The highest BCUT2D eigenvalue weighted by molar-refractivity contribution is 7.89. The summed E-state index contributed by atoms with van der Waals surface area (Å²) in [6, 6.07) is 5.69. The van der Waals surface area contributed by atoms with Gasteiger partial charge in [0.2, 0.25) is 5.78 Å². The van der Waals surface area contributed by atoms with Gasteiger partial charge in [0.15, 0.2) is 9.84 Å². The molecule has 0 atom stereocenters. The highest BCUT2D eigenvalue weighted by atomic mass is 32.2. The third kappa shape index (κ3) is 4.12. The van der Waals surface area contributed by atoms with E-state index in [1.807, 2.05) is 25.1 Å². The summed E-state index contributed by atoms with van der Waals surface area (Å²) in [7, 11) is 0.387. The molecule has 1 aromatic rings. The lowest BCUT2D eigenvalue weighted by Gasteiger charge is -2.08. The smallest absolute Gasteiger partial charge is 0.201 e. The number of carbonyl (C=O) groups excluding carboxylic acids is 1. The van der Waals surface area contributed by atoms with Crippen LogP contribution in [-0.2, 0) is 26.8 Å². The van der Waals surface area contributed by atoms with Gasteiger partial charge in [-0.05, 0) is 35.3 Å². The number of aryl methyl sites for hydroxylation is 1. The second kappa shape index (κ2) is 6.62. The first-order chi connectivity index (χ1) is 11.1. The lowest BCUT2D eigenvalue weighted by Crippen LogP contribution is -2.10. The van der Waals surface area contributed by atoms with E-state index in [9.17, 15) is 18.5 Å². The molecule has 6 heteroatoms. The fourth-order valence-electron chi connectivity index (χ4n) is 2.71. The number of hydrogen-bond donors (Lipinski definition) is 0. The molecule has 2 rings (SSSR count). The molecule has 0 unspecified atom stereocenters. The van der Waals surface area contributed by atoms with Crippen LogP contribution in [0.5, 0.6) is 0 Å². The van der Waals surface area contributed by atoms with Crippen molar-refractivity contribution in [3.63, 3.8) is 0 Å². The molecule has 5 nitrogen and oxygen atoms in total. The van der Waals surface area contributed by atoms with Gasteiger partial charge in [0.05, 0.1) is 5.75 Å². The monoisotopic (exact) mass is 344 g/mol. The van der Waals surface area contributed by atoms with Gasteiger partial charge in [0, 0.05) is 38.5 Å². The Kier molecular flexibility index (Phi) is 4.95. The first-order valence-electron chi connectivity index (χ1n) is 7.44. The van der Waals surface area contributed by atoms with Gasteiger partial charge >= 0.3 is 0 Å². The number of nitrogens with zero attached hydrogens (tertiary/aromatic N) is 2. The van der Waals surface area contributed by atoms with Gasteiger partial charge in [0.25, 0.3) is 0 Å². The van der Waals surface area contributed by atoms with E-state index in [4.69, 9.17) is 0 Å². The molecule has 0 aliphatic heterocycles. The van der Waals surface area contributed by atoms with Crippen LogP contribution in [-0.4, -0.2) is 39.5 Å². The van der Waals surface area contributed by atoms with Gasteiger partial charge in [-0.3, -0.25) is 4.79 Å². The Morgan fingerprint density at radius 3 is 2.58 bits per heavy atom. The van der Waals surface area contributed by atoms with Crippen LogP contribution < -0.4 is 0 Å². The van der Waals surface area contributed by atoms with Gasteiger partial charge in [-0.15, -0.1) is 0 Å².